The molecule has 0 aliphatic rings. The summed E-state index contributed by atoms with van der Waals surface area (Å²) >= 11 is 1.84. The minimum atomic E-state index is 0.878. The van der Waals surface area contributed by atoms with E-state index >= 15 is 0 Å². The van der Waals surface area contributed by atoms with Crippen LogP contribution in [0.1, 0.15) is 0 Å². The zero-order chi connectivity index (χ0) is 36.7. The third-order valence-electron chi connectivity index (χ3n) is 11.4. The van der Waals surface area contributed by atoms with Crippen molar-refractivity contribution in [2.45, 2.75) is 0 Å². The first kappa shape index (κ1) is 31.2. The second kappa shape index (κ2) is 12.2. The molecule has 0 saturated carbocycles. The predicted molar refractivity (Wildman–Crippen MR) is 239 cm³/mol. The standard InChI is InChI=1S/C52H32N2OS/c1-2-12-35-31-38(29-25-33(35)11-1)54-45-18-6-3-13-39(45)40-30-26-36(32-48(40)54)34-23-27-37(28-24-34)53(46-19-9-16-43-41-14-4-7-21-49(41)55-51(43)46)47-20-10-17-44-42-15-5-8-22-50(42)56-52(44)47/h1-32H. The zero-order valence-electron chi connectivity index (χ0n) is 30.2. The number of anilines is 3. The molecule has 0 unspecified atom stereocenters. The average molecular weight is 733 g/mol. The molecule has 0 aliphatic heterocycles. The number of thiophene rings is 1. The molecule has 262 valence electrons. The third kappa shape index (κ3) is 4.70. The topological polar surface area (TPSA) is 21.3 Å². The summed E-state index contributed by atoms with van der Waals surface area (Å²) in [6, 6.07) is 70.2. The van der Waals surface area contributed by atoms with Gasteiger partial charge < -0.3 is 13.9 Å². The van der Waals surface area contributed by atoms with Gasteiger partial charge in [-0.1, -0.05) is 133 Å². The van der Waals surface area contributed by atoms with E-state index in [1.54, 1.807) is 0 Å². The summed E-state index contributed by atoms with van der Waals surface area (Å²) in [7, 11) is 0. The first-order valence-corrected chi connectivity index (χ1v) is 19.8. The number of hydrogen-bond acceptors (Lipinski definition) is 3. The Labute approximate surface area is 326 Å². The van der Waals surface area contributed by atoms with Crippen LogP contribution in [-0.2, 0) is 0 Å². The van der Waals surface area contributed by atoms with Crippen molar-refractivity contribution in [1.82, 2.24) is 4.57 Å². The molecule has 0 atom stereocenters. The Morgan fingerprint density at radius 2 is 1.11 bits per heavy atom. The van der Waals surface area contributed by atoms with Crippen LogP contribution in [0.2, 0.25) is 0 Å². The van der Waals surface area contributed by atoms with Crippen LogP contribution in [0, 0.1) is 0 Å². The lowest BCUT2D eigenvalue weighted by Crippen LogP contribution is -2.10. The minimum Gasteiger partial charge on any atom is -0.454 e. The van der Waals surface area contributed by atoms with Crippen LogP contribution in [0.4, 0.5) is 17.1 Å². The second-order valence-electron chi connectivity index (χ2n) is 14.5. The lowest BCUT2D eigenvalue weighted by atomic mass is 10.0. The molecule has 12 rings (SSSR count). The van der Waals surface area contributed by atoms with Gasteiger partial charge in [-0.2, -0.15) is 0 Å². The maximum atomic E-state index is 6.67. The summed E-state index contributed by atoms with van der Waals surface area (Å²) in [5.41, 5.74) is 10.9. The van der Waals surface area contributed by atoms with Crippen molar-refractivity contribution >= 4 is 103 Å². The number of aromatic nitrogens is 1. The molecule has 0 amide bonds. The van der Waals surface area contributed by atoms with Crippen LogP contribution in [0.5, 0.6) is 0 Å². The molecule has 3 nitrogen and oxygen atoms in total. The van der Waals surface area contributed by atoms with E-state index in [-0.39, 0.29) is 0 Å². The molecule has 3 heterocycles. The van der Waals surface area contributed by atoms with Gasteiger partial charge in [-0.25, -0.2) is 0 Å². The van der Waals surface area contributed by atoms with Crippen molar-refractivity contribution < 1.29 is 4.42 Å². The number of para-hydroxylation sites is 3. The van der Waals surface area contributed by atoms with Gasteiger partial charge in [0.25, 0.3) is 0 Å². The van der Waals surface area contributed by atoms with E-state index in [9.17, 15) is 0 Å². The van der Waals surface area contributed by atoms with Crippen LogP contribution < -0.4 is 4.90 Å². The Morgan fingerprint density at radius 3 is 2.00 bits per heavy atom. The van der Waals surface area contributed by atoms with Gasteiger partial charge in [0.05, 0.1) is 27.1 Å². The van der Waals surface area contributed by atoms with Gasteiger partial charge in [0.1, 0.15) is 5.58 Å². The first-order valence-electron chi connectivity index (χ1n) is 19.0. The number of nitrogens with zero attached hydrogens (tertiary/aromatic N) is 2. The van der Waals surface area contributed by atoms with Crippen molar-refractivity contribution in [3.8, 4) is 16.8 Å². The van der Waals surface area contributed by atoms with Gasteiger partial charge in [-0.15, -0.1) is 11.3 Å². The predicted octanol–water partition coefficient (Wildman–Crippen LogP) is 15.3. The van der Waals surface area contributed by atoms with Gasteiger partial charge in [0, 0.05) is 48.4 Å². The minimum absolute atomic E-state index is 0.878. The highest BCUT2D eigenvalue weighted by atomic mass is 32.1. The maximum absolute atomic E-state index is 6.67. The van der Waals surface area contributed by atoms with Crippen molar-refractivity contribution in [2.75, 3.05) is 4.90 Å². The van der Waals surface area contributed by atoms with Crippen LogP contribution in [0.3, 0.4) is 0 Å². The normalized spacial score (nSPS) is 11.9. The zero-order valence-corrected chi connectivity index (χ0v) is 31.0. The number of hydrogen-bond donors (Lipinski definition) is 0. The lowest BCUT2D eigenvalue weighted by molar-refractivity contribution is 0.669. The lowest BCUT2D eigenvalue weighted by Gasteiger charge is -2.26. The maximum Gasteiger partial charge on any atom is 0.159 e. The fourth-order valence-electron chi connectivity index (χ4n) is 8.77. The van der Waals surface area contributed by atoms with Gasteiger partial charge in [-0.3, -0.25) is 0 Å². The molecular weight excluding hydrogens is 701 g/mol. The van der Waals surface area contributed by atoms with E-state index in [1.165, 1.54) is 58.3 Å². The Bertz CT molecular complexity index is 3380. The molecule has 0 N–H and O–H groups in total. The summed E-state index contributed by atoms with van der Waals surface area (Å²) in [6.07, 6.45) is 0. The van der Waals surface area contributed by atoms with Crippen LogP contribution in [0.15, 0.2) is 199 Å². The number of fused-ring (bicyclic) bond motifs is 10. The largest absolute Gasteiger partial charge is 0.454 e. The fourth-order valence-corrected chi connectivity index (χ4v) is 9.98. The van der Waals surface area contributed by atoms with Crippen molar-refractivity contribution in [1.29, 1.82) is 0 Å². The smallest absolute Gasteiger partial charge is 0.159 e. The molecule has 0 radical (unpaired) electrons. The van der Waals surface area contributed by atoms with Gasteiger partial charge in [-0.05, 0) is 82.6 Å². The van der Waals surface area contributed by atoms with Gasteiger partial charge in [0.15, 0.2) is 5.58 Å². The third-order valence-corrected chi connectivity index (χ3v) is 12.6. The molecule has 0 bridgehead atoms. The summed E-state index contributed by atoms with van der Waals surface area (Å²) in [5, 5.41) is 9.75. The molecule has 12 aromatic rings. The molecule has 3 aromatic heterocycles. The highest BCUT2D eigenvalue weighted by molar-refractivity contribution is 7.26. The van der Waals surface area contributed by atoms with E-state index in [0.29, 0.717) is 0 Å². The summed E-state index contributed by atoms with van der Waals surface area (Å²) < 4.78 is 11.6. The number of benzene rings is 9. The van der Waals surface area contributed by atoms with E-state index in [1.807, 2.05) is 17.4 Å². The average Bonchev–Trinajstić information content (AvgIpc) is 3.94. The van der Waals surface area contributed by atoms with Crippen molar-refractivity contribution in [3.63, 3.8) is 0 Å². The Kier molecular flexibility index (Phi) is 6.80. The molecule has 0 fully saturated rings. The van der Waals surface area contributed by atoms with Crippen molar-refractivity contribution in [3.05, 3.63) is 194 Å². The number of rotatable bonds is 5. The van der Waals surface area contributed by atoms with E-state index in [0.717, 1.165) is 50.3 Å². The summed E-state index contributed by atoms with van der Waals surface area (Å²) in [6.45, 7) is 0. The molecule has 4 heteroatoms. The van der Waals surface area contributed by atoms with Crippen LogP contribution >= 0.6 is 11.3 Å². The molecule has 0 aliphatic carbocycles. The quantitative estimate of drug-likeness (QED) is 0.176. The van der Waals surface area contributed by atoms with Crippen molar-refractivity contribution in [2.24, 2.45) is 0 Å². The summed E-state index contributed by atoms with van der Waals surface area (Å²) in [4.78, 5) is 2.38. The molecule has 9 aromatic carbocycles. The highest BCUT2D eigenvalue weighted by Gasteiger charge is 2.22. The fraction of sp³-hybridized carbons (Fsp3) is 0. The highest BCUT2D eigenvalue weighted by Crippen LogP contribution is 2.48. The Hall–Kier alpha value is -7.14. The van der Waals surface area contributed by atoms with E-state index in [4.69, 9.17) is 4.42 Å². The molecule has 56 heavy (non-hydrogen) atoms. The molecule has 0 saturated heterocycles. The summed E-state index contributed by atoms with van der Waals surface area (Å²) in [5.74, 6) is 0. The second-order valence-corrected chi connectivity index (χ2v) is 15.6. The number of furan rings is 1. The Balaban J connectivity index is 1.04. The van der Waals surface area contributed by atoms with Crippen LogP contribution in [-0.4, -0.2) is 4.57 Å². The van der Waals surface area contributed by atoms with E-state index in [2.05, 4.69) is 198 Å². The van der Waals surface area contributed by atoms with Gasteiger partial charge >= 0.3 is 0 Å². The molecule has 0 spiro atoms. The van der Waals surface area contributed by atoms with E-state index < -0.39 is 0 Å². The van der Waals surface area contributed by atoms with Crippen LogP contribution in [0.25, 0.3) is 91.5 Å². The first-order chi connectivity index (χ1) is 27.8. The SMILES string of the molecule is c1ccc2cc(-n3c4ccccc4c4ccc(-c5ccc(N(c6cccc7c6oc6ccccc67)c6cccc7c6sc6ccccc67)cc5)cc43)ccc2c1. The monoisotopic (exact) mass is 732 g/mol. The Morgan fingerprint density at radius 1 is 0.429 bits per heavy atom. The van der Waals surface area contributed by atoms with Gasteiger partial charge in [0.2, 0.25) is 0 Å². The molecular formula is C52H32N2OS.